The Morgan fingerprint density at radius 1 is 1.00 bits per heavy atom. The van der Waals surface area contributed by atoms with E-state index in [1.54, 1.807) is 0 Å². The Hall–Kier alpha value is -2.10. The molecule has 3 rings (SSSR count). The third-order valence-corrected chi connectivity index (χ3v) is 4.63. The zero-order chi connectivity index (χ0) is 17.5. The van der Waals surface area contributed by atoms with Crippen molar-refractivity contribution < 1.29 is 4.74 Å². The van der Waals surface area contributed by atoms with Gasteiger partial charge in [-0.15, -0.1) is 0 Å². The number of aryl methyl sites for hydroxylation is 1. The topological polar surface area (TPSA) is 26.2 Å². The van der Waals surface area contributed by atoms with E-state index >= 15 is 0 Å². The number of para-hydroxylation sites is 1. The van der Waals surface area contributed by atoms with Gasteiger partial charge in [0.05, 0.1) is 0 Å². The van der Waals surface area contributed by atoms with Gasteiger partial charge in [0.15, 0.2) is 0 Å². The van der Waals surface area contributed by atoms with Crippen LogP contribution in [0.15, 0.2) is 54.7 Å². The summed E-state index contributed by atoms with van der Waals surface area (Å²) in [7, 11) is 0. The second-order valence-electron chi connectivity index (χ2n) is 6.45. The van der Waals surface area contributed by atoms with E-state index in [4.69, 9.17) is 4.74 Å². The van der Waals surface area contributed by atoms with Crippen LogP contribution < -0.4 is 5.32 Å². The number of fused-ring (bicyclic) bond motifs is 1. The lowest BCUT2D eigenvalue weighted by Crippen LogP contribution is -2.16. The molecule has 0 radical (unpaired) electrons. The fourth-order valence-corrected chi connectivity index (χ4v) is 3.23. The summed E-state index contributed by atoms with van der Waals surface area (Å²) in [5, 5.41) is 4.89. The molecule has 0 spiro atoms. The minimum absolute atomic E-state index is 0.798. The van der Waals surface area contributed by atoms with Crippen molar-refractivity contribution in [2.75, 3.05) is 19.8 Å². The van der Waals surface area contributed by atoms with Gasteiger partial charge in [0.25, 0.3) is 0 Å². The lowest BCUT2D eigenvalue weighted by atomic mass is 10.1. The lowest BCUT2D eigenvalue weighted by Gasteiger charge is -2.08. The second kappa shape index (κ2) is 8.84. The van der Waals surface area contributed by atoms with Crippen molar-refractivity contribution in [1.29, 1.82) is 0 Å². The molecule has 2 aromatic carbocycles. The summed E-state index contributed by atoms with van der Waals surface area (Å²) < 4.78 is 7.76. The molecule has 3 nitrogen and oxygen atoms in total. The normalized spacial score (nSPS) is 11.3. The predicted octanol–water partition coefficient (Wildman–Crippen LogP) is 4.51. The lowest BCUT2D eigenvalue weighted by molar-refractivity contribution is 0.144. The molecule has 0 aliphatic rings. The molecule has 3 aromatic rings. The van der Waals surface area contributed by atoms with Crippen LogP contribution in [0, 0.1) is 6.92 Å². The summed E-state index contributed by atoms with van der Waals surface area (Å²) in [6, 6.07) is 17.3. The highest BCUT2D eigenvalue weighted by molar-refractivity contribution is 5.84. The maximum absolute atomic E-state index is 5.39. The average molecular weight is 336 g/mol. The summed E-state index contributed by atoms with van der Waals surface area (Å²) >= 11 is 0. The van der Waals surface area contributed by atoms with Crippen molar-refractivity contribution in [1.82, 2.24) is 9.88 Å². The van der Waals surface area contributed by atoms with E-state index in [-0.39, 0.29) is 0 Å². The average Bonchev–Trinajstić information content (AvgIpc) is 2.98. The van der Waals surface area contributed by atoms with Crippen molar-refractivity contribution in [2.45, 2.75) is 33.4 Å². The minimum atomic E-state index is 0.798. The van der Waals surface area contributed by atoms with Gasteiger partial charge < -0.3 is 14.6 Å². The van der Waals surface area contributed by atoms with Crippen molar-refractivity contribution in [3.8, 4) is 0 Å². The smallest absolute Gasteiger partial charge is 0.0486 e. The molecule has 3 heteroatoms. The van der Waals surface area contributed by atoms with Crippen LogP contribution in [0.4, 0.5) is 0 Å². The first-order chi connectivity index (χ1) is 12.3. The Bertz CT molecular complexity index is 807. The van der Waals surface area contributed by atoms with Gasteiger partial charge in [-0.2, -0.15) is 0 Å². The number of benzene rings is 2. The molecule has 0 amide bonds. The van der Waals surface area contributed by atoms with E-state index in [1.165, 1.54) is 27.6 Å². The molecule has 0 saturated carbocycles. The summed E-state index contributed by atoms with van der Waals surface area (Å²) in [6.45, 7) is 8.64. The minimum Gasteiger partial charge on any atom is -0.382 e. The Labute approximate surface area is 150 Å². The first-order valence-corrected chi connectivity index (χ1v) is 9.19. The van der Waals surface area contributed by atoms with Crippen molar-refractivity contribution in [2.24, 2.45) is 0 Å². The highest BCUT2D eigenvalue weighted by atomic mass is 16.5. The summed E-state index contributed by atoms with van der Waals surface area (Å²) in [5.74, 6) is 0. The molecule has 0 atom stereocenters. The molecule has 0 aliphatic carbocycles. The van der Waals surface area contributed by atoms with Crippen LogP contribution in [-0.4, -0.2) is 24.3 Å². The van der Waals surface area contributed by atoms with Gasteiger partial charge in [-0.1, -0.05) is 42.5 Å². The number of aromatic nitrogens is 1. The monoisotopic (exact) mass is 336 g/mol. The molecule has 0 unspecified atom stereocenters. The molecule has 132 valence electrons. The van der Waals surface area contributed by atoms with E-state index in [9.17, 15) is 0 Å². The van der Waals surface area contributed by atoms with Gasteiger partial charge in [-0.25, -0.2) is 0 Å². The number of hydrogen-bond donors (Lipinski definition) is 1. The van der Waals surface area contributed by atoms with Gasteiger partial charge in [-0.05, 0) is 49.6 Å². The number of hydrogen-bond acceptors (Lipinski definition) is 2. The quantitative estimate of drug-likeness (QED) is 0.582. The van der Waals surface area contributed by atoms with E-state index < -0.39 is 0 Å². The van der Waals surface area contributed by atoms with Gasteiger partial charge in [-0.3, -0.25) is 0 Å². The summed E-state index contributed by atoms with van der Waals surface area (Å²) in [6.07, 6.45) is 3.35. The number of rotatable bonds is 9. The molecular formula is C22H28N2O. The van der Waals surface area contributed by atoms with Crippen molar-refractivity contribution >= 4 is 10.9 Å². The summed E-state index contributed by atoms with van der Waals surface area (Å²) in [5.41, 5.74) is 5.38. The zero-order valence-corrected chi connectivity index (χ0v) is 15.3. The largest absolute Gasteiger partial charge is 0.382 e. The zero-order valence-electron chi connectivity index (χ0n) is 15.3. The Morgan fingerprint density at radius 3 is 2.64 bits per heavy atom. The highest BCUT2D eigenvalue weighted by Gasteiger charge is 2.09. The molecule has 1 N–H and O–H groups in total. The van der Waals surface area contributed by atoms with Crippen molar-refractivity contribution in [3.63, 3.8) is 0 Å². The molecule has 0 fully saturated rings. The number of nitrogens with zero attached hydrogens (tertiary/aromatic N) is 1. The standard InChI is InChI=1S/C22H28N2O/c1-3-25-14-8-13-23-15-20-17-24(22-12-7-6-11-21(20)22)16-19-10-5-4-9-18(19)2/h4-7,9-12,17,23H,3,8,13-16H2,1-2H3. The maximum atomic E-state index is 5.39. The first-order valence-electron chi connectivity index (χ1n) is 9.19. The number of ether oxygens (including phenoxy) is 1. The fraction of sp³-hybridized carbons (Fsp3) is 0.364. The second-order valence-corrected chi connectivity index (χ2v) is 6.45. The Morgan fingerprint density at radius 2 is 1.80 bits per heavy atom. The van der Waals surface area contributed by atoms with Crippen LogP contribution in [0.5, 0.6) is 0 Å². The predicted molar refractivity (Wildman–Crippen MR) is 105 cm³/mol. The van der Waals surface area contributed by atoms with E-state index in [2.05, 4.69) is 71.5 Å². The molecule has 0 saturated heterocycles. The van der Waals surface area contributed by atoms with Crippen molar-refractivity contribution in [3.05, 3.63) is 71.4 Å². The highest BCUT2D eigenvalue weighted by Crippen LogP contribution is 2.23. The van der Waals surface area contributed by atoms with E-state index in [0.29, 0.717) is 0 Å². The third kappa shape index (κ3) is 4.50. The Balaban J connectivity index is 1.73. The molecule has 1 aromatic heterocycles. The molecule has 1 heterocycles. The van der Waals surface area contributed by atoms with Crippen LogP contribution in [0.3, 0.4) is 0 Å². The third-order valence-electron chi connectivity index (χ3n) is 4.63. The Kier molecular flexibility index (Phi) is 6.26. The van der Waals surface area contributed by atoms with Gasteiger partial charge in [0.2, 0.25) is 0 Å². The van der Waals surface area contributed by atoms with Crippen LogP contribution in [0.1, 0.15) is 30.0 Å². The fourth-order valence-electron chi connectivity index (χ4n) is 3.23. The van der Waals surface area contributed by atoms with Crippen LogP contribution >= 0.6 is 0 Å². The molecular weight excluding hydrogens is 308 g/mol. The van der Waals surface area contributed by atoms with Crippen LogP contribution in [0.2, 0.25) is 0 Å². The van der Waals surface area contributed by atoms with E-state index in [1.807, 2.05) is 6.92 Å². The van der Waals surface area contributed by atoms with Crippen LogP contribution in [0.25, 0.3) is 10.9 Å². The van der Waals surface area contributed by atoms with Gasteiger partial charge >= 0.3 is 0 Å². The van der Waals surface area contributed by atoms with Gasteiger partial charge in [0.1, 0.15) is 0 Å². The molecule has 25 heavy (non-hydrogen) atoms. The maximum Gasteiger partial charge on any atom is 0.0486 e. The molecule has 0 bridgehead atoms. The first kappa shape index (κ1) is 17.7. The van der Waals surface area contributed by atoms with Gasteiger partial charge in [0, 0.05) is 43.4 Å². The van der Waals surface area contributed by atoms with Crippen LogP contribution in [-0.2, 0) is 17.8 Å². The summed E-state index contributed by atoms with van der Waals surface area (Å²) in [4.78, 5) is 0. The number of nitrogens with one attached hydrogen (secondary N) is 1. The molecule has 0 aliphatic heterocycles. The van der Waals surface area contributed by atoms with E-state index in [0.717, 1.165) is 39.3 Å². The SMILES string of the molecule is CCOCCCNCc1cn(Cc2ccccc2C)c2ccccc12.